The summed E-state index contributed by atoms with van der Waals surface area (Å²) in [6, 6.07) is 4.39. The number of imide groups is 1. The molecule has 2 N–H and O–H groups in total. The van der Waals surface area contributed by atoms with Crippen molar-refractivity contribution in [2.75, 3.05) is 26.2 Å². The largest absolute Gasteiger partial charge is 0.406 e. The van der Waals surface area contributed by atoms with Crippen LogP contribution in [-0.2, 0) is 11.2 Å². The minimum Gasteiger partial charge on any atom is -0.312 e. The van der Waals surface area contributed by atoms with Gasteiger partial charge >= 0.3 is 12.2 Å². The zero-order valence-electron chi connectivity index (χ0n) is 12.2. The molecule has 0 saturated carbocycles. The third kappa shape index (κ3) is 2.76. The molecule has 1 aromatic heterocycles. The van der Waals surface area contributed by atoms with E-state index >= 15 is 0 Å². The van der Waals surface area contributed by atoms with Gasteiger partial charge in [0.1, 0.15) is 12.1 Å². The van der Waals surface area contributed by atoms with Crippen molar-refractivity contribution in [3.63, 3.8) is 0 Å². The van der Waals surface area contributed by atoms with Gasteiger partial charge in [-0.25, -0.2) is 9.78 Å². The van der Waals surface area contributed by atoms with E-state index in [2.05, 4.69) is 10.3 Å². The van der Waals surface area contributed by atoms with Crippen molar-refractivity contribution in [1.29, 1.82) is 0 Å². The Labute approximate surface area is 130 Å². The lowest BCUT2D eigenvalue weighted by atomic mass is 9.89. The molecule has 3 amide bonds. The first kappa shape index (κ1) is 15.7. The summed E-state index contributed by atoms with van der Waals surface area (Å²) in [4.78, 5) is 29.5. The van der Waals surface area contributed by atoms with E-state index in [0.29, 0.717) is 17.1 Å². The number of hydrogen-bond donors (Lipinski definition) is 1. The molecule has 1 unspecified atom stereocenters. The highest BCUT2D eigenvalue weighted by Gasteiger charge is 2.60. The Kier molecular flexibility index (Phi) is 3.75. The second kappa shape index (κ2) is 5.48. The summed E-state index contributed by atoms with van der Waals surface area (Å²) in [5.74, 6) is -0.802. The van der Waals surface area contributed by atoms with Crippen LogP contribution in [0.3, 0.4) is 0 Å². The molecule has 2 aliphatic rings. The highest BCUT2D eigenvalue weighted by Crippen LogP contribution is 2.34. The van der Waals surface area contributed by atoms with Crippen molar-refractivity contribution in [3.05, 3.63) is 30.1 Å². The van der Waals surface area contributed by atoms with Gasteiger partial charge in [-0.2, -0.15) is 13.2 Å². The number of nitrogens with one attached hydrogen (secondary N) is 2. The molecule has 2 saturated heterocycles. The Morgan fingerprint density at radius 2 is 2.09 bits per heavy atom. The normalized spacial score (nSPS) is 25.0. The Morgan fingerprint density at radius 3 is 2.74 bits per heavy atom. The molecule has 1 aromatic rings. The maximum Gasteiger partial charge on any atom is 0.406 e. The van der Waals surface area contributed by atoms with Gasteiger partial charge in [0, 0.05) is 31.8 Å². The number of carbonyl (C=O) groups is 2. The van der Waals surface area contributed by atoms with Crippen LogP contribution in [-0.4, -0.2) is 59.6 Å². The van der Waals surface area contributed by atoms with E-state index in [9.17, 15) is 22.8 Å². The van der Waals surface area contributed by atoms with Gasteiger partial charge in [0.15, 0.2) is 11.9 Å². The van der Waals surface area contributed by atoms with Crippen LogP contribution >= 0.6 is 0 Å². The molecule has 2 aliphatic heterocycles. The van der Waals surface area contributed by atoms with Gasteiger partial charge in [0.25, 0.3) is 5.91 Å². The summed E-state index contributed by atoms with van der Waals surface area (Å²) < 4.78 is 38.1. The molecular formula is C14H16F3N4O2+. The summed E-state index contributed by atoms with van der Waals surface area (Å²) in [5.41, 5.74) is -0.630. The average molecular weight is 329 g/mol. The molecule has 6 nitrogen and oxygen atoms in total. The van der Waals surface area contributed by atoms with E-state index in [-0.39, 0.29) is 19.5 Å². The molecule has 9 heteroatoms. The Morgan fingerprint density at radius 1 is 1.30 bits per heavy atom. The number of amides is 3. The molecule has 0 aromatic carbocycles. The number of carbonyl (C=O) groups excluding carboxylic acids is 2. The zero-order chi connectivity index (χ0) is 16.7. The van der Waals surface area contributed by atoms with Crippen LogP contribution in [0.25, 0.3) is 0 Å². The van der Waals surface area contributed by atoms with Gasteiger partial charge in [-0.3, -0.25) is 9.69 Å². The first-order valence-corrected chi connectivity index (χ1v) is 7.20. The number of halogens is 3. The van der Waals surface area contributed by atoms with E-state index < -0.39 is 30.2 Å². The van der Waals surface area contributed by atoms with Crippen LogP contribution in [0.4, 0.5) is 18.0 Å². The number of pyridine rings is 1. The average Bonchev–Trinajstić information content (AvgIpc) is 2.70. The maximum atomic E-state index is 12.7. The Bertz CT molecular complexity index is 622. The Balaban J connectivity index is 1.95. The van der Waals surface area contributed by atoms with Crippen LogP contribution in [0.5, 0.6) is 0 Å². The second-order valence-corrected chi connectivity index (χ2v) is 5.71. The number of urea groups is 1. The molecule has 124 valence electrons. The van der Waals surface area contributed by atoms with E-state index in [0.717, 1.165) is 0 Å². The van der Waals surface area contributed by atoms with Crippen molar-refractivity contribution >= 4 is 11.9 Å². The van der Waals surface area contributed by atoms with E-state index in [4.69, 9.17) is 0 Å². The summed E-state index contributed by atoms with van der Waals surface area (Å²) in [6.07, 6.45) is -2.81. The Hall–Kier alpha value is -2.16. The zero-order valence-corrected chi connectivity index (χ0v) is 12.2. The molecule has 0 bridgehead atoms. The predicted octanol–water partition coefficient (Wildman–Crippen LogP) is 0.212. The van der Waals surface area contributed by atoms with Crippen molar-refractivity contribution in [2.45, 2.75) is 18.1 Å². The van der Waals surface area contributed by atoms with E-state index in [1.807, 2.05) is 0 Å². The summed E-state index contributed by atoms with van der Waals surface area (Å²) >= 11 is 0. The molecule has 0 aliphatic carbocycles. The number of piperazine rings is 1. The first-order valence-electron chi connectivity index (χ1n) is 7.20. The number of hydrogen-bond acceptors (Lipinski definition) is 3. The SMILES string of the molecule is O=C1N(CC(F)(F)F)C(=O)C2(Cc3cccc[nH+]3)CNCCN12. The van der Waals surface area contributed by atoms with E-state index in [1.54, 1.807) is 24.4 Å². The third-order valence-corrected chi connectivity index (χ3v) is 4.15. The van der Waals surface area contributed by atoms with E-state index in [1.165, 1.54) is 4.90 Å². The quantitative estimate of drug-likeness (QED) is 0.807. The fourth-order valence-corrected chi connectivity index (χ4v) is 3.16. The lowest BCUT2D eigenvalue weighted by Gasteiger charge is -2.38. The highest BCUT2D eigenvalue weighted by atomic mass is 19.4. The van der Waals surface area contributed by atoms with Crippen LogP contribution in [0.2, 0.25) is 0 Å². The van der Waals surface area contributed by atoms with Gasteiger partial charge in [-0.1, -0.05) is 6.07 Å². The number of fused-ring (bicyclic) bond motifs is 1. The monoisotopic (exact) mass is 329 g/mol. The molecule has 0 spiro atoms. The van der Waals surface area contributed by atoms with Gasteiger partial charge in [-0.05, 0) is 0 Å². The van der Waals surface area contributed by atoms with Crippen LogP contribution in [0, 0.1) is 0 Å². The second-order valence-electron chi connectivity index (χ2n) is 5.71. The summed E-state index contributed by atoms with van der Waals surface area (Å²) in [7, 11) is 0. The van der Waals surface area contributed by atoms with Gasteiger partial charge in [-0.15, -0.1) is 0 Å². The third-order valence-electron chi connectivity index (χ3n) is 4.15. The number of rotatable bonds is 3. The number of nitrogens with zero attached hydrogens (tertiary/aromatic N) is 2. The minimum absolute atomic E-state index is 0.134. The first-order chi connectivity index (χ1) is 10.8. The van der Waals surface area contributed by atoms with Gasteiger partial charge in [0.05, 0.1) is 6.42 Å². The van der Waals surface area contributed by atoms with Crippen molar-refractivity contribution in [3.8, 4) is 0 Å². The molecule has 1 atom stereocenters. The van der Waals surface area contributed by atoms with Crippen LogP contribution in [0.1, 0.15) is 5.69 Å². The number of alkyl halides is 3. The van der Waals surface area contributed by atoms with Crippen molar-refractivity contribution in [1.82, 2.24) is 15.1 Å². The maximum absolute atomic E-state index is 12.7. The topological polar surface area (TPSA) is 66.8 Å². The van der Waals surface area contributed by atoms with Crippen molar-refractivity contribution in [2.24, 2.45) is 0 Å². The lowest BCUT2D eigenvalue weighted by molar-refractivity contribution is -0.391. The molecular weight excluding hydrogens is 313 g/mol. The van der Waals surface area contributed by atoms with Crippen LogP contribution < -0.4 is 10.3 Å². The summed E-state index contributed by atoms with van der Waals surface area (Å²) in [5, 5.41) is 3.02. The number of H-pyrrole nitrogens is 1. The summed E-state index contributed by atoms with van der Waals surface area (Å²) in [6.45, 7) is -0.777. The van der Waals surface area contributed by atoms with Gasteiger partial charge < -0.3 is 10.2 Å². The molecule has 0 radical (unpaired) electrons. The minimum atomic E-state index is -4.62. The fourth-order valence-electron chi connectivity index (χ4n) is 3.16. The number of aromatic amines is 1. The van der Waals surface area contributed by atoms with Gasteiger partial charge in [0.2, 0.25) is 0 Å². The molecule has 2 fully saturated rings. The molecule has 23 heavy (non-hydrogen) atoms. The smallest absolute Gasteiger partial charge is 0.312 e. The number of aromatic nitrogens is 1. The van der Waals surface area contributed by atoms with Crippen molar-refractivity contribution < 1.29 is 27.7 Å². The molecule has 3 heterocycles. The van der Waals surface area contributed by atoms with Crippen LogP contribution in [0.15, 0.2) is 24.4 Å². The fraction of sp³-hybridized carbons (Fsp3) is 0.500. The lowest BCUT2D eigenvalue weighted by Crippen LogP contribution is -2.63. The molecule has 3 rings (SSSR count). The standard InChI is InChI=1S/C14H15F3N4O2/c15-14(16,17)9-20-11(22)13(7-10-3-1-2-4-19-10)8-18-5-6-21(13)12(20)23/h1-4,18H,5-9H2/p+1. The predicted molar refractivity (Wildman–Crippen MR) is 72.2 cm³/mol. The highest BCUT2D eigenvalue weighted by molar-refractivity contribution is 6.07.